The van der Waals surface area contributed by atoms with Gasteiger partial charge in [-0.1, -0.05) is 97.4 Å². The van der Waals surface area contributed by atoms with E-state index in [2.05, 4.69) is 18.7 Å². The first-order valence-corrected chi connectivity index (χ1v) is 24.9. The smallest absolute Gasteiger partial charge is 0.748 e. The van der Waals surface area contributed by atoms with E-state index in [1.54, 1.807) is 47.1 Å². The third-order valence-electron chi connectivity index (χ3n) is 11.0. The average molecular weight is 931 g/mol. The Bertz CT molecular complexity index is 2610. The third kappa shape index (κ3) is 14.8. The van der Waals surface area contributed by atoms with Gasteiger partial charge in [0, 0.05) is 66.2 Å². The van der Waals surface area contributed by atoms with Gasteiger partial charge in [-0.15, -0.1) is 0 Å². The zero-order valence-corrected chi connectivity index (χ0v) is 41.5. The van der Waals surface area contributed by atoms with Crippen LogP contribution in [0, 0.1) is 5.92 Å². The largest absolute Gasteiger partial charge is 1.00 e. The van der Waals surface area contributed by atoms with E-state index in [0.717, 1.165) is 70.1 Å². The first kappa shape index (κ1) is 52.7. The summed E-state index contributed by atoms with van der Waals surface area (Å²) in [4.78, 5) is 42.8. The minimum atomic E-state index is -4.48. The molecule has 0 saturated heterocycles. The van der Waals surface area contributed by atoms with Crippen molar-refractivity contribution < 1.29 is 78.7 Å². The SMILES string of the molecule is CCCCCCN(CCCCCC)c1ccc2c3c(c(=O)oc2c1)C(=O)C(/C=C/C=C/c1cc(C(C)(C)C)oc2cc(=[N+](CCCS(=O)(=O)[O-])CCCS(=O)(=O)[O-])ccc1-2)C(=O)O3.[Na+]. The van der Waals surface area contributed by atoms with Crippen LogP contribution in [-0.4, -0.2) is 75.4 Å². The number of carbonyl (C=O) groups excluding carboxylic acids is 2. The number of rotatable bonds is 22. The molecule has 2 aromatic rings. The molecule has 5 rings (SSSR count). The predicted molar refractivity (Wildman–Crippen MR) is 242 cm³/mol. The van der Waals surface area contributed by atoms with Crippen molar-refractivity contribution in [2.45, 2.75) is 104 Å². The molecule has 1 atom stereocenters. The van der Waals surface area contributed by atoms with Gasteiger partial charge in [0.2, 0.25) is 5.36 Å². The van der Waals surface area contributed by atoms with Crippen LogP contribution in [0.3, 0.4) is 0 Å². The van der Waals surface area contributed by atoms with Crippen LogP contribution >= 0.6 is 0 Å². The maximum Gasteiger partial charge on any atom is 1.00 e. The summed E-state index contributed by atoms with van der Waals surface area (Å²) in [6.07, 6.45) is 15.2. The minimum absolute atomic E-state index is 0. The Balaban J connectivity index is 0.00000898. The van der Waals surface area contributed by atoms with Crippen LogP contribution < -0.4 is 54.8 Å². The normalized spacial score (nSPS) is 14.6. The Morgan fingerprint density at radius 2 is 1.39 bits per heavy atom. The Hall–Kier alpha value is -3.90. The number of hydrogen-bond acceptors (Lipinski definition) is 13. The van der Waals surface area contributed by atoms with Crippen molar-refractivity contribution in [1.82, 2.24) is 4.58 Å². The molecule has 64 heavy (non-hydrogen) atoms. The van der Waals surface area contributed by atoms with Crippen LogP contribution in [-0.2, 0) is 30.4 Å². The van der Waals surface area contributed by atoms with Crippen LogP contribution in [0.4, 0.5) is 5.69 Å². The maximum atomic E-state index is 13.8. The first-order valence-electron chi connectivity index (χ1n) is 21.8. The van der Waals surface area contributed by atoms with Crippen molar-refractivity contribution in [3.05, 3.63) is 93.4 Å². The fourth-order valence-corrected chi connectivity index (χ4v) is 8.54. The van der Waals surface area contributed by atoms with Crippen LogP contribution in [0.15, 0.2) is 74.3 Å². The van der Waals surface area contributed by atoms with Gasteiger partial charge in [-0.05, 0) is 42.7 Å². The van der Waals surface area contributed by atoms with Gasteiger partial charge in [0.15, 0.2) is 11.5 Å². The summed E-state index contributed by atoms with van der Waals surface area (Å²) >= 11 is 0. The van der Waals surface area contributed by atoms with Gasteiger partial charge in [-0.25, -0.2) is 26.2 Å². The summed E-state index contributed by atoms with van der Waals surface area (Å²) < 4.78 is 87.2. The number of Topliss-reactive ketones (excluding diaryl/α,β-unsaturated/α-hetero) is 1. The number of ether oxygens (including phenoxy) is 1. The van der Waals surface area contributed by atoms with Gasteiger partial charge in [0.25, 0.3) is 0 Å². The minimum Gasteiger partial charge on any atom is -0.748 e. The summed E-state index contributed by atoms with van der Waals surface area (Å²) in [5.41, 5.74) is 0.880. The van der Waals surface area contributed by atoms with Gasteiger partial charge in [-0.2, -0.15) is 0 Å². The molecular formula is C47H59N2NaO12S2. The second-order valence-electron chi connectivity index (χ2n) is 17.1. The van der Waals surface area contributed by atoms with Crippen molar-refractivity contribution >= 4 is 54.7 Å². The zero-order chi connectivity index (χ0) is 46.0. The fourth-order valence-electron chi connectivity index (χ4n) is 7.57. The number of ketones is 1. The molecule has 0 bridgehead atoms. The van der Waals surface area contributed by atoms with E-state index in [1.807, 2.05) is 32.9 Å². The molecule has 342 valence electrons. The molecule has 14 nitrogen and oxygen atoms in total. The van der Waals surface area contributed by atoms with Crippen molar-refractivity contribution in [1.29, 1.82) is 0 Å². The molecule has 0 radical (unpaired) electrons. The molecule has 0 spiro atoms. The number of hydrogen-bond donors (Lipinski definition) is 0. The molecule has 1 aliphatic carbocycles. The van der Waals surface area contributed by atoms with Gasteiger partial charge in [0.1, 0.15) is 41.7 Å². The van der Waals surface area contributed by atoms with Crippen LogP contribution in [0.5, 0.6) is 5.75 Å². The summed E-state index contributed by atoms with van der Waals surface area (Å²) in [6.45, 7) is 12.2. The van der Waals surface area contributed by atoms with Gasteiger partial charge in [-0.3, -0.25) is 9.59 Å². The number of benzene rings is 2. The average Bonchev–Trinajstić information content (AvgIpc) is 3.20. The van der Waals surface area contributed by atoms with E-state index in [4.69, 9.17) is 13.6 Å². The summed E-state index contributed by atoms with van der Waals surface area (Å²) in [6, 6.07) is 12.5. The molecule has 2 aliphatic heterocycles. The number of fused-ring (bicyclic) bond motifs is 4. The molecular weight excluding hydrogens is 872 g/mol. The van der Waals surface area contributed by atoms with Gasteiger partial charge in [0.05, 0.1) is 31.7 Å². The molecule has 17 heteroatoms. The maximum absolute atomic E-state index is 13.8. The first-order chi connectivity index (χ1) is 29.8. The second-order valence-corrected chi connectivity index (χ2v) is 20.2. The van der Waals surface area contributed by atoms with E-state index in [-0.39, 0.29) is 72.4 Å². The van der Waals surface area contributed by atoms with E-state index in [1.165, 1.54) is 12.2 Å². The van der Waals surface area contributed by atoms with Crippen molar-refractivity contribution in [2.75, 3.05) is 42.6 Å². The third-order valence-corrected chi connectivity index (χ3v) is 12.6. The number of nitrogens with zero attached hydrogens (tertiary/aromatic N) is 2. The van der Waals surface area contributed by atoms with Crippen LogP contribution in [0.1, 0.15) is 121 Å². The summed E-state index contributed by atoms with van der Waals surface area (Å²) in [5.74, 6) is -3.21. The van der Waals surface area contributed by atoms with Crippen molar-refractivity contribution in [2.24, 2.45) is 5.92 Å². The number of esters is 1. The molecule has 1 unspecified atom stereocenters. The fraction of sp³-hybridized carbons (Fsp3) is 0.489. The molecule has 1 aromatic heterocycles. The Morgan fingerprint density at radius 1 is 0.766 bits per heavy atom. The molecule has 3 aliphatic rings. The Morgan fingerprint density at radius 3 is 1.97 bits per heavy atom. The zero-order valence-electron chi connectivity index (χ0n) is 37.9. The van der Waals surface area contributed by atoms with Gasteiger partial charge < -0.3 is 27.6 Å². The van der Waals surface area contributed by atoms with E-state index in [9.17, 15) is 40.3 Å². The number of allylic oxidation sites excluding steroid dienone is 2. The van der Waals surface area contributed by atoms with Crippen LogP contribution in [0.25, 0.3) is 28.4 Å². The van der Waals surface area contributed by atoms with Gasteiger partial charge >= 0.3 is 41.2 Å². The van der Waals surface area contributed by atoms with Crippen LogP contribution in [0.2, 0.25) is 0 Å². The molecule has 0 amide bonds. The monoisotopic (exact) mass is 930 g/mol. The number of unbranched alkanes of at least 4 members (excludes halogenated alkanes) is 6. The summed E-state index contributed by atoms with van der Waals surface area (Å²) in [7, 11) is -8.97. The molecule has 0 fully saturated rings. The van der Waals surface area contributed by atoms with E-state index < -0.39 is 60.5 Å². The molecule has 3 heterocycles. The van der Waals surface area contributed by atoms with E-state index in [0.29, 0.717) is 33.4 Å². The van der Waals surface area contributed by atoms with Crippen molar-refractivity contribution in [3.8, 4) is 17.1 Å². The topological polar surface area (TPSA) is 207 Å². The molecule has 0 N–H and O–H groups in total. The quantitative estimate of drug-likeness (QED) is 0.0157. The number of carbonyl (C=O) groups is 2. The Labute approximate surface area is 398 Å². The summed E-state index contributed by atoms with van der Waals surface area (Å²) in [5, 5.41) is 0.922. The van der Waals surface area contributed by atoms with Crippen molar-refractivity contribution in [3.63, 3.8) is 0 Å². The van der Waals surface area contributed by atoms with E-state index >= 15 is 0 Å². The number of anilines is 1. The second kappa shape index (κ2) is 23.5. The standard InChI is InChI=1S/C47H60N2O12S2.Na/c1-6-8-10-14-24-48(25-15-11-9-7-2)35-21-23-37-40(32-35)60-46(52)42-43(50)38(45(51)61-44(37)42)19-13-12-18-33-30-41(47(3,4)5)59-39-31-34(20-22-36(33)39)49(26-16-28-62(53,54)55)27-17-29-63(56,57)58;/h12-13,18-23,30-32,38H,6-11,14-17,24-29H2,1-5H3,(H-,53,54,55,56,57,58);/q;+1/p-1/b18-12+,19-13+;. The molecule has 1 aromatic carbocycles. The molecule has 0 saturated carbocycles. The Kier molecular flexibility index (Phi) is 19.4. The predicted octanol–water partition coefficient (Wildman–Crippen LogP) is 4.39.